The molecule has 1 rings (SSSR count). The average Bonchev–Trinajstić information content (AvgIpc) is 2.42. The minimum atomic E-state index is -3.94. The summed E-state index contributed by atoms with van der Waals surface area (Å²) in [6, 6.07) is 4.21. The topological polar surface area (TPSA) is 121 Å². The van der Waals surface area contributed by atoms with E-state index >= 15 is 0 Å². The first-order valence-electron chi connectivity index (χ1n) is 6.02. The molecule has 0 fully saturated rings. The van der Waals surface area contributed by atoms with E-state index in [2.05, 4.69) is 4.72 Å². The van der Waals surface area contributed by atoms with E-state index in [-0.39, 0.29) is 11.3 Å². The maximum atomic E-state index is 12.0. The lowest BCUT2D eigenvalue weighted by atomic mass is 10.2. The van der Waals surface area contributed by atoms with Crippen LogP contribution < -0.4 is 4.72 Å². The van der Waals surface area contributed by atoms with E-state index in [4.69, 9.17) is 10.2 Å². The molecule has 0 heterocycles. The molecule has 3 N–H and O–H groups in total. The van der Waals surface area contributed by atoms with Gasteiger partial charge in [-0.25, -0.2) is 13.2 Å². The fourth-order valence-corrected chi connectivity index (χ4v) is 2.76. The van der Waals surface area contributed by atoms with E-state index in [0.717, 1.165) is 6.08 Å². The Bertz CT molecular complexity index is 648. The number of hydrogen-bond acceptors (Lipinski definition) is 4. The van der Waals surface area contributed by atoms with E-state index in [1.807, 2.05) is 0 Å². The van der Waals surface area contributed by atoms with Gasteiger partial charge in [0.2, 0.25) is 10.0 Å². The zero-order chi connectivity index (χ0) is 16.0. The lowest BCUT2D eigenvalue weighted by Gasteiger charge is -2.12. The number of aliphatic carboxylic acids is 2. The zero-order valence-electron chi connectivity index (χ0n) is 11.2. The van der Waals surface area contributed by atoms with Gasteiger partial charge in [-0.2, -0.15) is 4.72 Å². The Morgan fingerprint density at radius 1 is 1.24 bits per heavy atom. The summed E-state index contributed by atoms with van der Waals surface area (Å²) in [5.74, 6) is -2.36. The highest BCUT2D eigenvalue weighted by atomic mass is 32.2. The standard InChI is InChI=1S/C13H15NO6S/c1-2-11(13(17)18)14-21(19,20)10-6-3-9(4-7-10)5-8-12(15)16/h3-8,11,14H,2H2,1H3,(H,15,16)(H,17,18)/b8-5+/t11-/m0/s1. The summed E-state index contributed by atoms with van der Waals surface area (Å²) >= 11 is 0. The minimum Gasteiger partial charge on any atom is -0.480 e. The fourth-order valence-electron chi connectivity index (χ4n) is 1.49. The molecule has 0 aliphatic carbocycles. The number of carbonyl (C=O) groups is 2. The van der Waals surface area contributed by atoms with Gasteiger partial charge in [-0.1, -0.05) is 19.1 Å². The summed E-state index contributed by atoms with van der Waals surface area (Å²) in [6.07, 6.45) is 2.37. The van der Waals surface area contributed by atoms with Crippen LogP contribution in [0.1, 0.15) is 18.9 Å². The molecule has 1 atom stereocenters. The van der Waals surface area contributed by atoms with Crippen molar-refractivity contribution in [2.24, 2.45) is 0 Å². The summed E-state index contributed by atoms with van der Waals surface area (Å²) in [5, 5.41) is 17.3. The molecule has 7 nitrogen and oxygen atoms in total. The molecular formula is C13H15NO6S. The van der Waals surface area contributed by atoms with Crippen molar-refractivity contribution in [3.8, 4) is 0 Å². The minimum absolute atomic E-state index is 0.0883. The van der Waals surface area contributed by atoms with Gasteiger partial charge in [0.25, 0.3) is 0 Å². The summed E-state index contributed by atoms with van der Waals surface area (Å²) in [4.78, 5) is 21.1. The normalized spacial score (nSPS) is 13.2. The molecular weight excluding hydrogens is 298 g/mol. The monoisotopic (exact) mass is 313 g/mol. The third kappa shape index (κ3) is 5.01. The van der Waals surface area contributed by atoms with Gasteiger partial charge in [0.05, 0.1) is 4.90 Å². The van der Waals surface area contributed by atoms with Crippen molar-refractivity contribution in [2.75, 3.05) is 0 Å². The maximum Gasteiger partial charge on any atom is 0.328 e. The molecule has 0 spiro atoms. The van der Waals surface area contributed by atoms with Gasteiger partial charge in [0.1, 0.15) is 6.04 Å². The van der Waals surface area contributed by atoms with Gasteiger partial charge in [-0.3, -0.25) is 4.79 Å². The molecule has 1 aromatic carbocycles. The van der Waals surface area contributed by atoms with Gasteiger partial charge in [0.15, 0.2) is 0 Å². The van der Waals surface area contributed by atoms with E-state index in [1.54, 1.807) is 6.92 Å². The SMILES string of the molecule is CC[C@H](NS(=O)(=O)c1ccc(/C=C/C(=O)O)cc1)C(=O)O. The number of benzene rings is 1. The van der Waals surface area contributed by atoms with E-state index in [0.29, 0.717) is 5.56 Å². The Morgan fingerprint density at radius 2 is 1.81 bits per heavy atom. The molecule has 0 aromatic heterocycles. The van der Waals surface area contributed by atoms with E-state index in [1.165, 1.54) is 30.3 Å². The average molecular weight is 313 g/mol. The summed E-state index contributed by atoms with van der Waals surface area (Å²) in [7, 11) is -3.94. The third-order valence-corrected chi connectivity index (χ3v) is 4.10. The molecule has 0 aliphatic rings. The van der Waals surface area contributed by atoms with Crippen LogP contribution in [-0.4, -0.2) is 36.6 Å². The lowest BCUT2D eigenvalue weighted by molar-refractivity contribution is -0.139. The van der Waals surface area contributed by atoms with Crippen LogP contribution >= 0.6 is 0 Å². The fraction of sp³-hybridized carbons (Fsp3) is 0.231. The Morgan fingerprint density at radius 3 is 2.24 bits per heavy atom. The quantitative estimate of drug-likeness (QED) is 0.644. The number of nitrogens with one attached hydrogen (secondary N) is 1. The number of hydrogen-bond donors (Lipinski definition) is 3. The van der Waals surface area contributed by atoms with Gasteiger partial charge in [-0.15, -0.1) is 0 Å². The van der Waals surface area contributed by atoms with Crippen molar-refractivity contribution in [3.05, 3.63) is 35.9 Å². The summed E-state index contributed by atoms with van der Waals surface area (Å²) < 4.78 is 26.1. The molecule has 8 heteroatoms. The van der Waals surface area contributed by atoms with Crippen molar-refractivity contribution in [2.45, 2.75) is 24.3 Å². The van der Waals surface area contributed by atoms with Crippen molar-refractivity contribution >= 4 is 28.0 Å². The highest BCUT2D eigenvalue weighted by molar-refractivity contribution is 7.89. The highest BCUT2D eigenvalue weighted by Gasteiger charge is 2.23. The lowest BCUT2D eigenvalue weighted by Crippen LogP contribution is -2.40. The molecule has 0 unspecified atom stereocenters. The largest absolute Gasteiger partial charge is 0.480 e. The van der Waals surface area contributed by atoms with Gasteiger partial charge < -0.3 is 10.2 Å². The second-order valence-corrected chi connectivity index (χ2v) is 5.87. The first kappa shape index (κ1) is 16.9. The van der Waals surface area contributed by atoms with Crippen molar-refractivity contribution in [3.63, 3.8) is 0 Å². The third-order valence-electron chi connectivity index (χ3n) is 2.61. The second kappa shape index (κ2) is 7.00. The van der Waals surface area contributed by atoms with Gasteiger partial charge in [-0.05, 0) is 30.2 Å². The molecule has 0 radical (unpaired) electrons. The molecule has 114 valence electrons. The molecule has 0 aliphatic heterocycles. The smallest absolute Gasteiger partial charge is 0.328 e. The van der Waals surface area contributed by atoms with Gasteiger partial charge in [0, 0.05) is 6.08 Å². The maximum absolute atomic E-state index is 12.0. The van der Waals surface area contributed by atoms with Crippen LogP contribution in [0.25, 0.3) is 6.08 Å². The van der Waals surface area contributed by atoms with E-state index < -0.39 is 28.0 Å². The molecule has 0 saturated heterocycles. The van der Waals surface area contributed by atoms with Crippen molar-refractivity contribution < 1.29 is 28.2 Å². The highest BCUT2D eigenvalue weighted by Crippen LogP contribution is 2.12. The van der Waals surface area contributed by atoms with Crippen molar-refractivity contribution in [1.82, 2.24) is 4.72 Å². The summed E-state index contributed by atoms with van der Waals surface area (Å²) in [5.41, 5.74) is 0.515. The molecule has 0 amide bonds. The van der Waals surface area contributed by atoms with Crippen LogP contribution in [0, 0.1) is 0 Å². The van der Waals surface area contributed by atoms with Crippen LogP contribution in [-0.2, 0) is 19.6 Å². The Balaban J connectivity index is 2.94. The predicted molar refractivity (Wildman–Crippen MR) is 75.1 cm³/mol. The molecule has 0 saturated carbocycles. The Kier molecular flexibility index (Phi) is 5.62. The predicted octanol–water partition coefficient (Wildman–Crippen LogP) is 0.926. The Labute approximate surface area is 122 Å². The first-order valence-corrected chi connectivity index (χ1v) is 7.50. The number of rotatable bonds is 7. The Hall–Kier alpha value is -2.19. The number of carboxylic acid groups (broad SMARTS) is 2. The first-order chi connectivity index (χ1) is 9.76. The summed E-state index contributed by atoms with van der Waals surface area (Å²) in [6.45, 7) is 1.56. The molecule has 1 aromatic rings. The van der Waals surface area contributed by atoms with Crippen molar-refractivity contribution in [1.29, 1.82) is 0 Å². The number of sulfonamides is 1. The second-order valence-electron chi connectivity index (χ2n) is 4.16. The number of carboxylic acids is 2. The molecule has 0 bridgehead atoms. The van der Waals surface area contributed by atoms with Crippen LogP contribution in [0.2, 0.25) is 0 Å². The van der Waals surface area contributed by atoms with E-state index in [9.17, 15) is 18.0 Å². The zero-order valence-corrected chi connectivity index (χ0v) is 12.0. The molecule has 21 heavy (non-hydrogen) atoms. The van der Waals surface area contributed by atoms with Crippen LogP contribution in [0.4, 0.5) is 0 Å². The van der Waals surface area contributed by atoms with Gasteiger partial charge >= 0.3 is 11.9 Å². The van der Waals surface area contributed by atoms with Crippen LogP contribution in [0.3, 0.4) is 0 Å². The van der Waals surface area contributed by atoms with Crippen LogP contribution in [0.5, 0.6) is 0 Å². The van der Waals surface area contributed by atoms with Crippen LogP contribution in [0.15, 0.2) is 35.2 Å².